The molecule has 0 unspecified atom stereocenters. The van der Waals surface area contributed by atoms with Crippen molar-refractivity contribution in [2.24, 2.45) is 5.92 Å². The van der Waals surface area contributed by atoms with Gasteiger partial charge in [0.1, 0.15) is 6.04 Å². The van der Waals surface area contributed by atoms with Gasteiger partial charge in [0, 0.05) is 35.8 Å². The number of carbonyl (C=O) groups excluding carboxylic acids is 3. The first-order valence-electron chi connectivity index (χ1n) is 11.0. The van der Waals surface area contributed by atoms with Gasteiger partial charge >= 0.3 is 6.03 Å². The average molecular weight is 433 g/mol. The highest BCUT2D eigenvalue weighted by atomic mass is 16.2. The second-order valence-corrected chi connectivity index (χ2v) is 8.63. The minimum atomic E-state index is -0.676. The maximum Gasteiger partial charge on any atom is 0.325 e. The summed E-state index contributed by atoms with van der Waals surface area (Å²) in [6.45, 7) is 5.53. The third-order valence-electron chi connectivity index (χ3n) is 5.57. The summed E-state index contributed by atoms with van der Waals surface area (Å²) in [7, 11) is 0. The first kappa shape index (κ1) is 21.6. The van der Waals surface area contributed by atoms with Gasteiger partial charge in [0.25, 0.3) is 5.91 Å². The minimum Gasteiger partial charge on any atom is -0.347 e. The normalized spacial score (nSPS) is 16.1. The van der Waals surface area contributed by atoms with Gasteiger partial charge in [0.2, 0.25) is 5.91 Å². The van der Waals surface area contributed by atoms with E-state index >= 15 is 0 Å². The molecule has 32 heavy (non-hydrogen) atoms. The van der Waals surface area contributed by atoms with Crippen LogP contribution in [0.4, 0.5) is 10.5 Å². The zero-order chi connectivity index (χ0) is 22.7. The van der Waals surface area contributed by atoms with Crippen LogP contribution in [0.15, 0.2) is 60.8 Å². The van der Waals surface area contributed by atoms with Crippen LogP contribution in [0.1, 0.15) is 32.3 Å². The molecular weight excluding hydrogens is 404 g/mol. The van der Waals surface area contributed by atoms with Crippen molar-refractivity contribution in [1.29, 1.82) is 0 Å². The lowest BCUT2D eigenvalue weighted by atomic mass is 10.1. The number of hydrogen-bond donors (Lipinski definition) is 2. The summed E-state index contributed by atoms with van der Waals surface area (Å²) in [5.74, 6) is 0.0708. The minimum absolute atomic E-state index is 0.141. The van der Waals surface area contributed by atoms with Crippen LogP contribution in [-0.2, 0) is 22.7 Å². The van der Waals surface area contributed by atoms with E-state index in [9.17, 15) is 14.4 Å². The number of imide groups is 1. The molecule has 4 amide bonds. The fourth-order valence-electron chi connectivity index (χ4n) is 4.02. The molecule has 0 radical (unpaired) electrons. The molecule has 0 spiro atoms. The van der Waals surface area contributed by atoms with E-state index in [1.165, 1.54) is 4.90 Å². The summed E-state index contributed by atoms with van der Waals surface area (Å²) in [5.41, 5.74) is 2.73. The summed E-state index contributed by atoms with van der Waals surface area (Å²) in [4.78, 5) is 38.5. The molecule has 2 aromatic carbocycles. The van der Waals surface area contributed by atoms with Crippen LogP contribution in [0.2, 0.25) is 0 Å². The van der Waals surface area contributed by atoms with Gasteiger partial charge in [-0.1, -0.05) is 44.2 Å². The Labute approximate surface area is 187 Å². The van der Waals surface area contributed by atoms with Crippen molar-refractivity contribution in [3.05, 3.63) is 66.4 Å². The number of nitrogens with zero attached hydrogens (tertiary/aromatic N) is 2. The van der Waals surface area contributed by atoms with Gasteiger partial charge in [-0.25, -0.2) is 4.79 Å². The Morgan fingerprint density at radius 3 is 2.62 bits per heavy atom. The number of rotatable bonds is 8. The maximum atomic E-state index is 12.6. The largest absolute Gasteiger partial charge is 0.347 e. The number of benzene rings is 2. The number of carbonyl (C=O) groups is 3. The van der Waals surface area contributed by atoms with Crippen LogP contribution in [-0.4, -0.2) is 33.4 Å². The number of amides is 4. The lowest BCUT2D eigenvalue weighted by molar-refractivity contribution is -0.128. The second kappa shape index (κ2) is 9.26. The maximum absolute atomic E-state index is 12.6. The standard InChI is InChI=1S/C25H28N4O3/c1-17(2)15-28-13-12-19-14-20(8-10-22(19)28)26-23(30)11-9-21-24(31)29(25(32)27-21)16-18-6-4-3-5-7-18/h3-8,10,12-14,17,21H,9,11,15-16H2,1-2H3,(H,26,30)(H,27,32)/t21-/m1/s1. The van der Waals surface area contributed by atoms with Crippen LogP contribution in [0, 0.1) is 5.92 Å². The second-order valence-electron chi connectivity index (χ2n) is 8.63. The number of fused-ring (bicyclic) bond motifs is 1. The van der Waals surface area contributed by atoms with Crippen molar-refractivity contribution in [3.8, 4) is 0 Å². The SMILES string of the molecule is CC(C)Cn1ccc2cc(NC(=O)CC[C@H]3NC(=O)N(Cc4ccccc4)C3=O)ccc21. The van der Waals surface area contributed by atoms with Crippen molar-refractivity contribution in [1.82, 2.24) is 14.8 Å². The molecule has 1 saturated heterocycles. The van der Waals surface area contributed by atoms with Gasteiger partial charge < -0.3 is 15.2 Å². The molecule has 4 rings (SSSR count). The fourth-order valence-corrected chi connectivity index (χ4v) is 4.02. The van der Waals surface area contributed by atoms with Gasteiger partial charge in [-0.3, -0.25) is 14.5 Å². The van der Waals surface area contributed by atoms with Crippen LogP contribution in [0.5, 0.6) is 0 Å². The van der Waals surface area contributed by atoms with Crippen LogP contribution in [0.25, 0.3) is 10.9 Å². The highest BCUT2D eigenvalue weighted by Crippen LogP contribution is 2.22. The Hall–Kier alpha value is -3.61. The zero-order valence-corrected chi connectivity index (χ0v) is 18.4. The van der Waals surface area contributed by atoms with Crippen molar-refractivity contribution >= 4 is 34.4 Å². The van der Waals surface area contributed by atoms with Gasteiger partial charge in [0.05, 0.1) is 6.54 Å². The third-order valence-corrected chi connectivity index (χ3v) is 5.57. The number of aromatic nitrogens is 1. The van der Waals surface area contributed by atoms with Crippen molar-refractivity contribution in [3.63, 3.8) is 0 Å². The summed E-state index contributed by atoms with van der Waals surface area (Å²) in [5, 5.41) is 6.66. The molecular formula is C25H28N4O3. The first-order chi connectivity index (χ1) is 15.4. The molecule has 7 heteroatoms. The van der Waals surface area contributed by atoms with Crippen LogP contribution >= 0.6 is 0 Å². The molecule has 1 aliphatic rings. The molecule has 166 valence electrons. The van der Waals surface area contributed by atoms with E-state index in [0.717, 1.165) is 28.7 Å². The summed E-state index contributed by atoms with van der Waals surface area (Å²) in [6.07, 6.45) is 2.46. The monoisotopic (exact) mass is 432 g/mol. The Morgan fingerprint density at radius 2 is 1.88 bits per heavy atom. The van der Waals surface area contributed by atoms with Crippen molar-refractivity contribution in [2.45, 2.75) is 45.8 Å². The molecule has 0 bridgehead atoms. The van der Waals surface area contributed by atoms with E-state index in [-0.39, 0.29) is 31.2 Å². The Bertz CT molecular complexity index is 1140. The molecule has 0 aliphatic carbocycles. The van der Waals surface area contributed by atoms with Crippen molar-refractivity contribution in [2.75, 3.05) is 5.32 Å². The molecule has 2 N–H and O–H groups in total. The van der Waals surface area contributed by atoms with E-state index < -0.39 is 12.1 Å². The molecule has 1 aliphatic heterocycles. The average Bonchev–Trinajstić information content (AvgIpc) is 3.27. The van der Waals surface area contributed by atoms with Crippen LogP contribution in [0.3, 0.4) is 0 Å². The van der Waals surface area contributed by atoms with E-state index in [1.54, 1.807) is 0 Å². The first-order valence-corrected chi connectivity index (χ1v) is 11.0. The van der Waals surface area contributed by atoms with Gasteiger partial charge in [0.15, 0.2) is 0 Å². The molecule has 2 heterocycles. The predicted octanol–water partition coefficient (Wildman–Crippen LogP) is 4.14. The number of anilines is 1. The quantitative estimate of drug-likeness (QED) is 0.525. The summed E-state index contributed by atoms with van der Waals surface area (Å²) >= 11 is 0. The molecule has 7 nitrogen and oxygen atoms in total. The van der Waals surface area contributed by atoms with E-state index in [4.69, 9.17) is 0 Å². The summed E-state index contributed by atoms with van der Waals surface area (Å²) < 4.78 is 2.21. The van der Waals surface area contributed by atoms with Crippen LogP contribution < -0.4 is 10.6 Å². The fraction of sp³-hybridized carbons (Fsp3) is 0.320. The molecule has 1 fully saturated rings. The van der Waals surface area contributed by atoms with E-state index in [0.29, 0.717) is 5.92 Å². The highest BCUT2D eigenvalue weighted by molar-refractivity contribution is 6.04. The molecule has 0 saturated carbocycles. The number of urea groups is 1. The molecule has 1 aromatic heterocycles. The van der Waals surface area contributed by atoms with Gasteiger partial charge in [-0.2, -0.15) is 0 Å². The van der Waals surface area contributed by atoms with Gasteiger partial charge in [-0.15, -0.1) is 0 Å². The highest BCUT2D eigenvalue weighted by Gasteiger charge is 2.37. The lowest BCUT2D eigenvalue weighted by Gasteiger charge is -2.13. The smallest absolute Gasteiger partial charge is 0.325 e. The lowest BCUT2D eigenvalue weighted by Crippen LogP contribution is -2.31. The third kappa shape index (κ3) is 4.82. The zero-order valence-electron chi connectivity index (χ0n) is 18.4. The van der Waals surface area contributed by atoms with Gasteiger partial charge in [-0.05, 0) is 42.2 Å². The predicted molar refractivity (Wildman–Crippen MR) is 124 cm³/mol. The topological polar surface area (TPSA) is 83.4 Å². The number of hydrogen-bond acceptors (Lipinski definition) is 3. The molecule has 3 aromatic rings. The number of nitrogens with one attached hydrogen (secondary N) is 2. The van der Waals surface area contributed by atoms with E-state index in [1.807, 2.05) is 54.6 Å². The summed E-state index contributed by atoms with van der Waals surface area (Å²) in [6, 6.07) is 16.2. The molecule has 1 atom stereocenters. The van der Waals surface area contributed by atoms with Crippen molar-refractivity contribution < 1.29 is 14.4 Å². The Balaban J connectivity index is 1.32. The Kier molecular flexibility index (Phi) is 6.25. The van der Waals surface area contributed by atoms with E-state index in [2.05, 4.69) is 35.2 Å². The Morgan fingerprint density at radius 1 is 1.09 bits per heavy atom.